The number of nitrogens with zero attached hydrogens (tertiary/aromatic N) is 2. The van der Waals surface area contributed by atoms with Crippen molar-refractivity contribution >= 4 is 17.4 Å². The molecule has 0 aliphatic carbocycles. The zero-order chi connectivity index (χ0) is 17.6. The number of benzene rings is 1. The van der Waals surface area contributed by atoms with E-state index in [2.05, 4.69) is 33.8 Å². The van der Waals surface area contributed by atoms with Crippen LogP contribution in [0.25, 0.3) is 0 Å². The molecule has 0 spiro atoms. The molecular weight excluding hydrogens is 316 g/mol. The van der Waals surface area contributed by atoms with Gasteiger partial charge in [-0.3, -0.25) is 4.79 Å². The highest BCUT2D eigenvalue weighted by atomic mass is 16.3. The zero-order valence-corrected chi connectivity index (χ0v) is 14.2. The summed E-state index contributed by atoms with van der Waals surface area (Å²) >= 11 is 0. The van der Waals surface area contributed by atoms with Crippen LogP contribution in [0, 0.1) is 6.92 Å². The predicted octanol–water partition coefficient (Wildman–Crippen LogP) is 3.61. The third-order valence-corrected chi connectivity index (χ3v) is 3.89. The van der Waals surface area contributed by atoms with E-state index in [1.54, 1.807) is 30.5 Å². The quantitative estimate of drug-likeness (QED) is 0.719. The second kappa shape index (κ2) is 7.61. The molecular formula is C19H20N4O2. The Morgan fingerprint density at radius 3 is 2.68 bits per heavy atom. The molecule has 2 heterocycles. The molecule has 0 fully saturated rings. The van der Waals surface area contributed by atoms with E-state index in [9.17, 15) is 4.79 Å². The number of nitrogens with one attached hydrogen (secondary N) is 2. The van der Waals surface area contributed by atoms with Crippen molar-refractivity contribution < 1.29 is 9.21 Å². The van der Waals surface area contributed by atoms with Crippen molar-refractivity contribution in [3.63, 3.8) is 0 Å². The molecule has 0 bridgehead atoms. The van der Waals surface area contributed by atoms with Gasteiger partial charge in [-0.05, 0) is 48.7 Å². The monoisotopic (exact) mass is 336 g/mol. The van der Waals surface area contributed by atoms with Crippen LogP contribution in [0.3, 0.4) is 0 Å². The minimum Gasteiger partial charge on any atom is -0.467 e. The molecule has 0 saturated heterocycles. The molecule has 3 aromatic rings. The Hall–Kier alpha value is -3.15. The molecule has 25 heavy (non-hydrogen) atoms. The van der Waals surface area contributed by atoms with Gasteiger partial charge in [0.2, 0.25) is 0 Å². The molecule has 2 N–H and O–H groups in total. The molecule has 1 amide bonds. The van der Waals surface area contributed by atoms with E-state index < -0.39 is 0 Å². The molecule has 2 aromatic heterocycles. The highest BCUT2D eigenvalue weighted by molar-refractivity contribution is 5.92. The summed E-state index contributed by atoms with van der Waals surface area (Å²) in [6.45, 7) is 4.47. The highest BCUT2D eigenvalue weighted by Crippen LogP contribution is 2.24. The number of aromatic nitrogens is 2. The molecule has 0 atom stereocenters. The van der Waals surface area contributed by atoms with Crippen LogP contribution in [0.2, 0.25) is 0 Å². The summed E-state index contributed by atoms with van der Waals surface area (Å²) in [6, 6.07) is 13.1. The lowest BCUT2D eigenvalue weighted by atomic mass is 10.1. The zero-order valence-electron chi connectivity index (χ0n) is 14.2. The maximum absolute atomic E-state index is 12.1. The van der Waals surface area contributed by atoms with Crippen LogP contribution in [-0.4, -0.2) is 16.1 Å². The Morgan fingerprint density at radius 2 is 2.00 bits per heavy atom. The molecule has 3 rings (SSSR count). The van der Waals surface area contributed by atoms with E-state index in [-0.39, 0.29) is 11.6 Å². The molecule has 0 radical (unpaired) electrons. The lowest BCUT2D eigenvalue weighted by Gasteiger charge is -2.13. The van der Waals surface area contributed by atoms with Crippen molar-refractivity contribution in [1.29, 1.82) is 0 Å². The average Bonchev–Trinajstić information content (AvgIpc) is 3.15. The summed E-state index contributed by atoms with van der Waals surface area (Å²) in [5, 5.41) is 14.2. The van der Waals surface area contributed by atoms with Gasteiger partial charge in [-0.25, -0.2) is 0 Å². The van der Waals surface area contributed by atoms with Gasteiger partial charge in [-0.2, -0.15) is 0 Å². The topological polar surface area (TPSA) is 80.0 Å². The summed E-state index contributed by atoms with van der Waals surface area (Å²) in [6.07, 6.45) is 2.49. The maximum Gasteiger partial charge on any atom is 0.272 e. The summed E-state index contributed by atoms with van der Waals surface area (Å²) < 4.78 is 5.18. The lowest BCUT2D eigenvalue weighted by molar-refractivity contribution is 0.0942. The number of hydrogen-bond acceptors (Lipinski definition) is 5. The number of carbonyl (C=O) groups is 1. The van der Waals surface area contributed by atoms with E-state index >= 15 is 0 Å². The number of anilines is 2. The van der Waals surface area contributed by atoms with Gasteiger partial charge >= 0.3 is 0 Å². The Kier molecular flexibility index (Phi) is 5.09. The van der Waals surface area contributed by atoms with Crippen LogP contribution in [0.4, 0.5) is 11.5 Å². The van der Waals surface area contributed by atoms with E-state index in [0.29, 0.717) is 18.1 Å². The fourth-order valence-corrected chi connectivity index (χ4v) is 2.52. The second-order valence-corrected chi connectivity index (χ2v) is 5.65. The van der Waals surface area contributed by atoms with Crippen LogP contribution in [0.1, 0.15) is 34.3 Å². The molecule has 0 unspecified atom stereocenters. The van der Waals surface area contributed by atoms with Crippen molar-refractivity contribution in [2.45, 2.75) is 26.8 Å². The van der Waals surface area contributed by atoms with Gasteiger partial charge < -0.3 is 15.1 Å². The van der Waals surface area contributed by atoms with Gasteiger partial charge in [0, 0.05) is 5.69 Å². The van der Waals surface area contributed by atoms with Gasteiger partial charge in [0.25, 0.3) is 5.91 Å². The molecule has 1 aromatic carbocycles. The Balaban J connectivity index is 1.67. The molecule has 6 heteroatoms. The first-order valence-corrected chi connectivity index (χ1v) is 8.17. The van der Waals surface area contributed by atoms with Crippen molar-refractivity contribution in [2.75, 3.05) is 5.32 Å². The normalized spacial score (nSPS) is 10.5. The van der Waals surface area contributed by atoms with Gasteiger partial charge in [-0.15, -0.1) is 10.2 Å². The number of para-hydroxylation sites is 1. The summed E-state index contributed by atoms with van der Waals surface area (Å²) in [7, 11) is 0. The first-order valence-electron chi connectivity index (χ1n) is 8.17. The van der Waals surface area contributed by atoms with Crippen molar-refractivity contribution in [3.8, 4) is 0 Å². The standard InChI is InChI=1S/C19H20N4O2/c1-3-14-7-4-6-13(2)18(14)21-17-10-9-16(22-23-17)19(24)20-12-15-8-5-11-25-15/h4-11H,3,12H2,1-2H3,(H,20,24)(H,21,23). The van der Waals surface area contributed by atoms with E-state index in [0.717, 1.165) is 17.7 Å². The van der Waals surface area contributed by atoms with Crippen molar-refractivity contribution in [2.24, 2.45) is 0 Å². The van der Waals surface area contributed by atoms with Crippen molar-refractivity contribution in [1.82, 2.24) is 15.5 Å². The third-order valence-electron chi connectivity index (χ3n) is 3.89. The average molecular weight is 336 g/mol. The molecule has 0 aliphatic heterocycles. The Bertz CT molecular complexity index is 842. The fourth-order valence-electron chi connectivity index (χ4n) is 2.52. The SMILES string of the molecule is CCc1cccc(C)c1Nc1ccc(C(=O)NCc2ccco2)nn1. The summed E-state index contributed by atoms with van der Waals surface area (Å²) in [4.78, 5) is 12.1. The summed E-state index contributed by atoms with van der Waals surface area (Å²) in [5.41, 5.74) is 3.65. The lowest BCUT2D eigenvalue weighted by Crippen LogP contribution is -2.23. The van der Waals surface area contributed by atoms with Crippen LogP contribution < -0.4 is 10.6 Å². The van der Waals surface area contributed by atoms with Crippen LogP contribution >= 0.6 is 0 Å². The van der Waals surface area contributed by atoms with Crippen LogP contribution in [-0.2, 0) is 13.0 Å². The molecule has 0 aliphatic rings. The van der Waals surface area contributed by atoms with E-state index in [1.807, 2.05) is 19.1 Å². The molecule has 128 valence electrons. The predicted molar refractivity (Wildman–Crippen MR) is 95.7 cm³/mol. The van der Waals surface area contributed by atoms with E-state index in [4.69, 9.17) is 4.42 Å². The summed E-state index contributed by atoms with van der Waals surface area (Å²) in [5.74, 6) is 0.999. The van der Waals surface area contributed by atoms with Crippen molar-refractivity contribution in [3.05, 3.63) is 71.3 Å². The Labute approximate surface area is 146 Å². The number of aryl methyl sites for hydroxylation is 2. The number of rotatable bonds is 6. The molecule has 6 nitrogen and oxygen atoms in total. The number of amides is 1. The first kappa shape index (κ1) is 16.7. The van der Waals surface area contributed by atoms with Gasteiger partial charge in [0.05, 0.1) is 12.8 Å². The van der Waals surface area contributed by atoms with E-state index in [1.165, 1.54) is 5.56 Å². The number of hydrogen-bond donors (Lipinski definition) is 2. The van der Waals surface area contributed by atoms with Crippen LogP contribution in [0.15, 0.2) is 53.1 Å². The maximum atomic E-state index is 12.1. The first-order chi connectivity index (χ1) is 12.2. The minimum atomic E-state index is -0.291. The third kappa shape index (κ3) is 4.03. The fraction of sp³-hybridized carbons (Fsp3) is 0.211. The highest BCUT2D eigenvalue weighted by Gasteiger charge is 2.10. The van der Waals surface area contributed by atoms with Gasteiger partial charge in [0.15, 0.2) is 11.5 Å². The van der Waals surface area contributed by atoms with Gasteiger partial charge in [0.1, 0.15) is 5.76 Å². The molecule has 0 saturated carbocycles. The van der Waals surface area contributed by atoms with Crippen LogP contribution in [0.5, 0.6) is 0 Å². The second-order valence-electron chi connectivity index (χ2n) is 5.65. The smallest absolute Gasteiger partial charge is 0.272 e. The van der Waals surface area contributed by atoms with Gasteiger partial charge in [-0.1, -0.05) is 25.1 Å². The number of carbonyl (C=O) groups excluding carboxylic acids is 1. The largest absolute Gasteiger partial charge is 0.467 e. The number of furan rings is 1. The minimum absolute atomic E-state index is 0.262. The Morgan fingerprint density at radius 1 is 1.12 bits per heavy atom.